The van der Waals surface area contributed by atoms with Gasteiger partial charge in [-0.3, -0.25) is 10.1 Å². The van der Waals surface area contributed by atoms with Gasteiger partial charge in [0.15, 0.2) is 0 Å². The maximum Gasteiger partial charge on any atom is 0.372 e. The zero-order chi connectivity index (χ0) is 15.4. The molecule has 21 heavy (non-hydrogen) atoms. The summed E-state index contributed by atoms with van der Waals surface area (Å²) in [7, 11) is 1.36. The van der Waals surface area contributed by atoms with Crippen LogP contribution in [0.2, 0.25) is 0 Å². The van der Waals surface area contributed by atoms with E-state index in [2.05, 4.69) is 34.0 Å². The van der Waals surface area contributed by atoms with Crippen molar-refractivity contribution < 1.29 is 9.66 Å². The zero-order valence-corrected chi connectivity index (χ0v) is 12.6. The van der Waals surface area contributed by atoms with Crippen LogP contribution in [0.1, 0.15) is 20.3 Å². The maximum atomic E-state index is 11.1. The van der Waals surface area contributed by atoms with Crippen molar-refractivity contribution in [3.63, 3.8) is 0 Å². The normalized spacial score (nSPS) is 19.0. The highest BCUT2D eigenvalue weighted by molar-refractivity contribution is 5.61. The fraction of sp³-hybridized carbons (Fsp3) is 0.692. The molecule has 0 spiro atoms. The number of methoxy groups -OCH3 is 1. The van der Waals surface area contributed by atoms with Crippen LogP contribution in [0.4, 0.5) is 11.5 Å². The molecule has 116 valence electrons. The van der Waals surface area contributed by atoms with E-state index in [1.807, 2.05) is 0 Å². The Morgan fingerprint density at radius 1 is 1.57 bits per heavy atom. The van der Waals surface area contributed by atoms with Crippen molar-refractivity contribution in [1.29, 1.82) is 0 Å². The van der Waals surface area contributed by atoms with Gasteiger partial charge in [0, 0.05) is 19.1 Å². The second kappa shape index (κ2) is 6.66. The van der Waals surface area contributed by atoms with Gasteiger partial charge in [0.25, 0.3) is 5.88 Å². The van der Waals surface area contributed by atoms with Crippen molar-refractivity contribution >= 4 is 11.5 Å². The highest BCUT2D eigenvalue weighted by Gasteiger charge is 2.27. The molecule has 1 aliphatic rings. The van der Waals surface area contributed by atoms with Gasteiger partial charge in [-0.1, -0.05) is 0 Å². The summed E-state index contributed by atoms with van der Waals surface area (Å²) in [5, 5.41) is 14.2. The SMILES string of the molecule is COc1ncnc(NCC2CCN(C(C)C)C2)c1[N+](=O)[O-]. The van der Waals surface area contributed by atoms with Crippen LogP contribution in [0.5, 0.6) is 5.88 Å². The molecule has 1 unspecified atom stereocenters. The molecule has 1 aromatic heterocycles. The Labute approximate surface area is 123 Å². The van der Waals surface area contributed by atoms with Crippen molar-refractivity contribution in [2.24, 2.45) is 5.92 Å². The molecular weight excluding hydrogens is 274 g/mol. The third kappa shape index (κ3) is 3.57. The number of likely N-dealkylation sites (tertiary alicyclic amines) is 1. The molecule has 1 N–H and O–H groups in total. The number of nitrogens with one attached hydrogen (secondary N) is 1. The second-order valence-corrected chi connectivity index (χ2v) is 5.46. The molecule has 2 rings (SSSR count). The van der Waals surface area contributed by atoms with Crippen LogP contribution in [0, 0.1) is 16.0 Å². The van der Waals surface area contributed by atoms with Crippen molar-refractivity contribution in [3.05, 3.63) is 16.4 Å². The first-order valence-electron chi connectivity index (χ1n) is 7.04. The predicted molar refractivity (Wildman–Crippen MR) is 78.5 cm³/mol. The van der Waals surface area contributed by atoms with Crippen LogP contribution < -0.4 is 10.1 Å². The molecule has 0 aliphatic carbocycles. The molecule has 0 amide bonds. The first-order chi connectivity index (χ1) is 10.0. The smallest absolute Gasteiger partial charge is 0.372 e. The van der Waals surface area contributed by atoms with E-state index in [0.29, 0.717) is 18.5 Å². The van der Waals surface area contributed by atoms with Crippen LogP contribution in [0.3, 0.4) is 0 Å². The average Bonchev–Trinajstić information content (AvgIpc) is 2.93. The van der Waals surface area contributed by atoms with Crippen LogP contribution in [0.25, 0.3) is 0 Å². The molecule has 1 saturated heterocycles. The van der Waals surface area contributed by atoms with E-state index in [-0.39, 0.29) is 17.4 Å². The zero-order valence-electron chi connectivity index (χ0n) is 12.6. The quantitative estimate of drug-likeness (QED) is 0.628. The van der Waals surface area contributed by atoms with E-state index in [9.17, 15) is 10.1 Å². The van der Waals surface area contributed by atoms with Gasteiger partial charge in [-0.25, -0.2) is 4.98 Å². The van der Waals surface area contributed by atoms with E-state index in [1.165, 1.54) is 13.4 Å². The minimum Gasteiger partial charge on any atom is -0.476 e. The standard InChI is InChI=1S/C13H21N5O3/c1-9(2)17-5-4-10(7-17)6-14-12-11(18(19)20)13(21-3)16-8-15-12/h8-10H,4-7H2,1-3H3,(H,14,15,16). The molecule has 1 fully saturated rings. The second-order valence-electron chi connectivity index (χ2n) is 5.46. The molecule has 0 radical (unpaired) electrons. The molecule has 1 aromatic rings. The lowest BCUT2D eigenvalue weighted by molar-refractivity contribution is -0.385. The number of nitrogens with zero attached hydrogens (tertiary/aromatic N) is 4. The van der Waals surface area contributed by atoms with Gasteiger partial charge in [0.05, 0.1) is 12.0 Å². The molecule has 0 saturated carbocycles. The fourth-order valence-electron chi connectivity index (χ4n) is 2.55. The number of hydrogen-bond donors (Lipinski definition) is 1. The fourth-order valence-corrected chi connectivity index (χ4v) is 2.55. The molecule has 0 aromatic carbocycles. The van der Waals surface area contributed by atoms with Gasteiger partial charge >= 0.3 is 5.69 Å². The average molecular weight is 295 g/mol. The number of aromatic nitrogens is 2. The third-order valence-electron chi connectivity index (χ3n) is 3.77. The minimum atomic E-state index is -0.518. The van der Waals surface area contributed by atoms with Gasteiger partial charge in [-0.2, -0.15) is 4.98 Å². The number of nitro groups is 1. The molecule has 0 bridgehead atoms. The first-order valence-corrected chi connectivity index (χ1v) is 7.04. The van der Waals surface area contributed by atoms with Gasteiger partial charge in [0.2, 0.25) is 5.82 Å². The summed E-state index contributed by atoms with van der Waals surface area (Å²) in [6.07, 6.45) is 2.35. The van der Waals surface area contributed by atoms with E-state index < -0.39 is 4.92 Å². The lowest BCUT2D eigenvalue weighted by Gasteiger charge is -2.20. The molecule has 2 heterocycles. The summed E-state index contributed by atoms with van der Waals surface area (Å²) in [6, 6.07) is 0.531. The lowest BCUT2D eigenvalue weighted by Crippen LogP contribution is -2.29. The summed E-state index contributed by atoms with van der Waals surface area (Å²) in [5.74, 6) is 0.663. The highest BCUT2D eigenvalue weighted by atomic mass is 16.6. The molecule has 8 heteroatoms. The largest absolute Gasteiger partial charge is 0.476 e. The maximum absolute atomic E-state index is 11.1. The lowest BCUT2D eigenvalue weighted by atomic mass is 10.1. The molecular formula is C13H21N5O3. The Hall–Kier alpha value is -1.96. The number of anilines is 1. The van der Waals surface area contributed by atoms with Crippen molar-refractivity contribution in [1.82, 2.24) is 14.9 Å². The number of rotatable bonds is 6. The van der Waals surface area contributed by atoms with Gasteiger partial charge in [-0.15, -0.1) is 0 Å². The molecule has 8 nitrogen and oxygen atoms in total. The van der Waals surface area contributed by atoms with E-state index >= 15 is 0 Å². The number of ether oxygens (including phenoxy) is 1. The topological polar surface area (TPSA) is 93.4 Å². The van der Waals surface area contributed by atoms with E-state index in [1.54, 1.807) is 0 Å². The molecule has 1 aliphatic heterocycles. The van der Waals surface area contributed by atoms with Crippen molar-refractivity contribution in [2.75, 3.05) is 32.1 Å². The van der Waals surface area contributed by atoms with Gasteiger partial charge in [-0.05, 0) is 32.7 Å². The van der Waals surface area contributed by atoms with Crippen molar-refractivity contribution in [3.8, 4) is 5.88 Å². The van der Waals surface area contributed by atoms with Crippen LogP contribution in [-0.2, 0) is 0 Å². The first kappa shape index (κ1) is 15.4. The monoisotopic (exact) mass is 295 g/mol. The Kier molecular flexibility index (Phi) is 4.89. The highest BCUT2D eigenvalue weighted by Crippen LogP contribution is 2.30. The number of hydrogen-bond acceptors (Lipinski definition) is 7. The summed E-state index contributed by atoms with van der Waals surface area (Å²) in [4.78, 5) is 20.8. The van der Waals surface area contributed by atoms with Crippen LogP contribution in [-0.4, -0.2) is 52.6 Å². The van der Waals surface area contributed by atoms with E-state index in [0.717, 1.165) is 19.5 Å². The molecule has 1 atom stereocenters. The third-order valence-corrected chi connectivity index (χ3v) is 3.77. The Morgan fingerprint density at radius 2 is 2.33 bits per heavy atom. The summed E-state index contributed by atoms with van der Waals surface area (Å²) in [5.41, 5.74) is -0.210. The van der Waals surface area contributed by atoms with Gasteiger partial charge in [0.1, 0.15) is 6.33 Å². The van der Waals surface area contributed by atoms with Gasteiger partial charge < -0.3 is 15.0 Å². The van der Waals surface area contributed by atoms with E-state index in [4.69, 9.17) is 4.74 Å². The Balaban J connectivity index is 2.02. The van der Waals surface area contributed by atoms with Crippen LogP contribution >= 0.6 is 0 Å². The summed E-state index contributed by atoms with van der Waals surface area (Å²) < 4.78 is 4.93. The van der Waals surface area contributed by atoms with Crippen LogP contribution in [0.15, 0.2) is 6.33 Å². The predicted octanol–water partition coefficient (Wildman–Crippen LogP) is 1.54. The Bertz CT molecular complexity index is 509. The van der Waals surface area contributed by atoms with Crippen molar-refractivity contribution in [2.45, 2.75) is 26.3 Å². The summed E-state index contributed by atoms with van der Waals surface area (Å²) >= 11 is 0. The summed E-state index contributed by atoms with van der Waals surface area (Å²) in [6.45, 7) is 7.08. The minimum absolute atomic E-state index is 0.0206. The Morgan fingerprint density at radius 3 is 2.90 bits per heavy atom.